The summed E-state index contributed by atoms with van der Waals surface area (Å²) in [5.74, 6) is -0.196. The van der Waals surface area contributed by atoms with Crippen LogP contribution >= 0.6 is 11.6 Å². The third kappa shape index (κ3) is 2.41. The van der Waals surface area contributed by atoms with Crippen LogP contribution in [0.2, 0.25) is 5.02 Å². The number of carbonyl (C=O) groups is 1. The van der Waals surface area contributed by atoms with Crippen LogP contribution in [-0.2, 0) is 6.54 Å². The molecule has 0 radical (unpaired) electrons. The second kappa shape index (κ2) is 5.76. The minimum Gasteiger partial charge on any atom is -0.347 e. The molecule has 4 nitrogen and oxygen atoms in total. The largest absolute Gasteiger partial charge is 0.347 e. The Morgan fingerprint density at radius 3 is 2.73 bits per heavy atom. The average Bonchev–Trinajstić information content (AvgIpc) is 2.45. The van der Waals surface area contributed by atoms with E-state index in [0.717, 1.165) is 24.8 Å². The molecule has 2 aromatic rings. The summed E-state index contributed by atoms with van der Waals surface area (Å²) < 4.78 is 1.93. The number of carbonyl (C=O) groups excluding carboxylic acids is 1. The monoisotopic (exact) mass is 318 g/mol. The second-order valence-corrected chi connectivity index (χ2v) is 6.26. The van der Waals surface area contributed by atoms with Crippen molar-refractivity contribution in [1.82, 2.24) is 9.47 Å². The van der Waals surface area contributed by atoms with Crippen LogP contribution in [0, 0.1) is 0 Å². The summed E-state index contributed by atoms with van der Waals surface area (Å²) in [7, 11) is 1.78. The highest BCUT2D eigenvalue weighted by Gasteiger charge is 2.28. The lowest BCUT2D eigenvalue weighted by Crippen LogP contribution is -2.43. The van der Waals surface area contributed by atoms with Crippen molar-refractivity contribution >= 4 is 28.4 Å². The minimum absolute atomic E-state index is 0.196. The van der Waals surface area contributed by atoms with Crippen LogP contribution in [0.1, 0.15) is 36.5 Å². The van der Waals surface area contributed by atoms with Crippen molar-refractivity contribution in [2.24, 2.45) is 0 Å². The zero-order valence-electron chi connectivity index (χ0n) is 12.8. The van der Waals surface area contributed by atoms with E-state index in [1.807, 2.05) is 17.6 Å². The Morgan fingerprint density at radius 1 is 1.41 bits per heavy atom. The number of benzene rings is 1. The van der Waals surface area contributed by atoms with E-state index in [-0.39, 0.29) is 22.9 Å². The van der Waals surface area contributed by atoms with Crippen LogP contribution in [0.15, 0.2) is 29.2 Å². The molecule has 5 heteroatoms. The fourth-order valence-electron chi connectivity index (χ4n) is 2.91. The first-order valence-corrected chi connectivity index (χ1v) is 8.00. The van der Waals surface area contributed by atoms with E-state index < -0.39 is 0 Å². The van der Waals surface area contributed by atoms with Gasteiger partial charge in [-0.25, -0.2) is 0 Å². The molecule has 22 heavy (non-hydrogen) atoms. The van der Waals surface area contributed by atoms with Crippen molar-refractivity contribution in [2.75, 3.05) is 7.05 Å². The number of fused-ring (bicyclic) bond motifs is 1. The molecule has 1 aliphatic carbocycles. The van der Waals surface area contributed by atoms with Gasteiger partial charge in [0.15, 0.2) is 0 Å². The number of amides is 1. The van der Waals surface area contributed by atoms with Crippen molar-refractivity contribution < 1.29 is 4.79 Å². The Balaban J connectivity index is 2.15. The number of hydrogen-bond acceptors (Lipinski definition) is 2. The van der Waals surface area contributed by atoms with E-state index in [1.165, 1.54) is 0 Å². The van der Waals surface area contributed by atoms with E-state index in [2.05, 4.69) is 0 Å². The van der Waals surface area contributed by atoms with Gasteiger partial charge in [0.05, 0.1) is 5.52 Å². The predicted octanol–water partition coefficient (Wildman–Crippen LogP) is 3.30. The van der Waals surface area contributed by atoms with E-state index in [1.54, 1.807) is 30.3 Å². The molecule has 0 spiro atoms. The van der Waals surface area contributed by atoms with Crippen LogP contribution in [0.4, 0.5) is 0 Å². The maximum absolute atomic E-state index is 12.7. The van der Waals surface area contributed by atoms with E-state index in [0.29, 0.717) is 17.0 Å². The molecule has 116 valence electrons. The molecular weight excluding hydrogens is 300 g/mol. The van der Waals surface area contributed by atoms with Crippen molar-refractivity contribution in [2.45, 2.75) is 38.8 Å². The van der Waals surface area contributed by atoms with Crippen molar-refractivity contribution in [3.8, 4) is 0 Å². The summed E-state index contributed by atoms with van der Waals surface area (Å²) in [4.78, 5) is 27.1. The van der Waals surface area contributed by atoms with Crippen LogP contribution in [-0.4, -0.2) is 28.5 Å². The Bertz CT molecular complexity index is 793. The lowest BCUT2D eigenvalue weighted by atomic mass is 9.91. The first kappa shape index (κ1) is 15.1. The molecule has 1 saturated carbocycles. The first-order chi connectivity index (χ1) is 10.5. The Morgan fingerprint density at radius 2 is 2.14 bits per heavy atom. The molecule has 1 heterocycles. The molecule has 1 aromatic carbocycles. The first-order valence-electron chi connectivity index (χ1n) is 7.62. The SMILES string of the molecule is CCn1cc(C(=O)N(C)C2CCC2)c(=O)c2cc(Cl)ccc21. The lowest BCUT2D eigenvalue weighted by Gasteiger charge is -2.34. The molecule has 1 aliphatic rings. The number of aryl methyl sites for hydroxylation is 1. The third-order valence-electron chi connectivity index (χ3n) is 4.56. The Hall–Kier alpha value is -1.81. The highest BCUT2D eigenvalue weighted by molar-refractivity contribution is 6.31. The molecule has 0 atom stereocenters. The standard InChI is InChI=1S/C17H19ClN2O2/c1-3-20-10-14(17(22)19(2)12-5-4-6-12)16(21)13-9-11(18)7-8-15(13)20/h7-10,12H,3-6H2,1-2H3. The van der Waals surface area contributed by atoms with Gasteiger partial charge in [-0.2, -0.15) is 0 Å². The van der Waals surface area contributed by atoms with Gasteiger partial charge in [0.1, 0.15) is 5.56 Å². The fraction of sp³-hybridized carbons (Fsp3) is 0.412. The zero-order chi connectivity index (χ0) is 15.9. The molecule has 0 N–H and O–H groups in total. The van der Waals surface area contributed by atoms with Gasteiger partial charge in [0.2, 0.25) is 5.43 Å². The molecule has 1 amide bonds. The van der Waals surface area contributed by atoms with Crippen LogP contribution in [0.3, 0.4) is 0 Å². The van der Waals surface area contributed by atoms with Crippen molar-refractivity contribution in [1.29, 1.82) is 0 Å². The average molecular weight is 319 g/mol. The normalized spacial score (nSPS) is 14.9. The summed E-state index contributed by atoms with van der Waals surface area (Å²) in [5, 5.41) is 1.01. The predicted molar refractivity (Wildman–Crippen MR) is 88.6 cm³/mol. The summed E-state index contributed by atoms with van der Waals surface area (Å²) in [6, 6.07) is 5.49. The van der Waals surface area contributed by atoms with Crippen molar-refractivity contribution in [3.05, 3.63) is 45.2 Å². The van der Waals surface area contributed by atoms with Gasteiger partial charge >= 0.3 is 0 Å². The van der Waals surface area contributed by atoms with Gasteiger partial charge in [0, 0.05) is 36.2 Å². The van der Waals surface area contributed by atoms with Crippen LogP contribution in [0.5, 0.6) is 0 Å². The molecular formula is C17H19ClN2O2. The maximum Gasteiger partial charge on any atom is 0.259 e. The van der Waals surface area contributed by atoms with Gasteiger partial charge in [-0.15, -0.1) is 0 Å². The smallest absolute Gasteiger partial charge is 0.259 e. The number of halogens is 1. The van der Waals surface area contributed by atoms with Gasteiger partial charge < -0.3 is 9.47 Å². The molecule has 0 saturated heterocycles. The number of nitrogens with zero attached hydrogens (tertiary/aromatic N) is 2. The Kier molecular flexibility index (Phi) is 3.96. The quantitative estimate of drug-likeness (QED) is 0.871. The van der Waals surface area contributed by atoms with Gasteiger partial charge in [-0.3, -0.25) is 9.59 Å². The number of aromatic nitrogens is 1. The number of pyridine rings is 1. The minimum atomic E-state index is -0.238. The molecule has 1 aromatic heterocycles. The molecule has 0 aliphatic heterocycles. The molecule has 0 unspecified atom stereocenters. The third-order valence-corrected chi connectivity index (χ3v) is 4.79. The topological polar surface area (TPSA) is 42.3 Å². The molecule has 0 bridgehead atoms. The highest BCUT2D eigenvalue weighted by Crippen LogP contribution is 2.25. The van der Waals surface area contributed by atoms with Gasteiger partial charge in [-0.1, -0.05) is 11.6 Å². The number of hydrogen-bond donors (Lipinski definition) is 0. The van der Waals surface area contributed by atoms with E-state index >= 15 is 0 Å². The van der Waals surface area contributed by atoms with Crippen LogP contribution in [0.25, 0.3) is 10.9 Å². The molecule has 1 fully saturated rings. The van der Waals surface area contributed by atoms with E-state index in [4.69, 9.17) is 11.6 Å². The maximum atomic E-state index is 12.7. The van der Waals surface area contributed by atoms with Crippen molar-refractivity contribution in [3.63, 3.8) is 0 Å². The lowest BCUT2D eigenvalue weighted by molar-refractivity contribution is 0.0650. The zero-order valence-corrected chi connectivity index (χ0v) is 13.6. The summed E-state index contributed by atoms with van der Waals surface area (Å²) in [6.45, 7) is 2.67. The Labute approximate surface area is 134 Å². The van der Waals surface area contributed by atoms with Crippen LogP contribution < -0.4 is 5.43 Å². The van der Waals surface area contributed by atoms with Gasteiger partial charge in [-0.05, 0) is 44.4 Å². The second-order valence-electron chi connectivity index (χ2n) is 5.82. The highest BCUT2D eigenvalue weighted by atomic mass is 35.5. The van der Waals surface area contributed by atoms with Gasteiger partial charge in [0.25, 0.3) is 5.91 Å². The van der Waals surface area contributed by atoms with E-state index in [9.17, 15) is 9.59 Å². The molecule has 3 rings (SSSR count). The fourth-order valence-corrected chi connectivity index (χ4v) is 3.09. The summed E-state index contributed by atoms with van der Waals surface area (Å²) in [6.07, 6.45) is 4.86. The summed E-state index contributed by atoms with van der Waals surface area (Å²) in [5.41, 5.74) is 0.795. The summed E-state index contributed by atoms with van der Waals surface area (Å²) >= 11 is 6.02. The number of rotatable bonds is 3.